The van der Waals surface area contributed by atoms with E-state index in [1.54, 1.807) is 30.3 Å². The molecule has 0 spiro atoms. The lowest BCUT2D eigenvalue weighted by Crippen LogP contribution is -2.41. The molecule has 0 aliphatic rings. The Morgan fingerprint density at radius 3 is 2.33 bits per heavy atom. The van der Waals surface area contributed by atoms with Gasteiger partial charge >= 0.3 is 0 Å². The van der Waals surface area contributed by atoms with E-state index >= 15 is 0 Å². The quantitative estimate of drug-likeness (QED) is 0.823. The summed E-state index contributed by atoms with van der Waals surface area (Å²) >= 11 is 11.9. The Morgan fingerprint density at radius 1 is 1.08 bits per heavy atom. The molecule has 0 heterocycles. The van der Waals surface area contributed by atoms with Gasteiger partial charge < -0.3 is 5.32 Å². The molecule has 2 aromatic carbocycles. The fourth-order valence-corrected chi connectivity index (χ4v) is 3.46. The lowest BCUT2D eigenvalue weighted by molar-refractivity contribution is -0.117. The van der Waals surface area contributed by atoms with Gasteiger partial charge in [-0.2, -0.15) is 4.72 Å². The highest BCUT2D eigenvalue weighted by atomic mass is 35.5. The van der Waals surface area contributed by atoms with Crippen molar-refractivity contribution in [2.75, 3.05) is 5.32 Å². The SMILES string of the molecule is Cc1ccc(S(=O)(=O)N[C@H](C)C(=O)Nc2cccc(Cl)c2Cl)cc1. The minimum Gasteiger partial charge on any atom is -0.323 e. The van der Waals surface area contributed by atoms with Crippen LogP contribution in [0.3, 0.4) is 0 Å². The number of halogens is 2. The molecule has 5 nitrogen and oxygen atoms in total. The van der Waals surface area contributed by atoms with Crippen LogP contribution in [0.4, 0.5) is 5.69 Å². The van der Waals surface area contributed by atoms with Crippen molar-refractivity contribution in [1.82, 2.24) is 4.72 Å². The summed E-state index contributed by atoms with van der Waals surface area (Å²) in [5.41, 5.74) is 1.26. The number of anilines is 1. The second-order valence-corrected chi connectivity index (χ2v) is 7.75. The van der Waals surface area contributed by atoms with Crippen LogP contribution in [-0.4, -0.2) is 20.4 Å². The molecule has 2 rings (SSSR count). The molecule has 0 bridgehead atoms. The lowest BCUT2D eigenvalue weighted by Gasteiger charge is -2.15. The first-order valence-electron chi connectivity index (χ1n) is 7.04. The summed E-state index contributed by atoms with van der Waals surface area (Å²) in [4.78, 5) is 12.3. The van der Waals surface area contributed by atoms with Gasteiger partial charge in [0.05, 0.1) is 26.7 Å². The first-order chi connectivity index (χ1) is 11.2. The minimum absolute atomic E-state index is 0.0912. The smallest absolute Gasteiger partial charge is 0.242 e. The number of rotatable bonds is 5. The predicted octanol–water partition coefficient (Wildman–Crippen LogP) is 3.61. The van der Waals surface area contributed by atoms with Crippen LogP contribution in [0.1, 0.15) is 12.5 Å². The number of benzene rings is 2. The topological polar surface area (TPSA) is 75.3 Å². The molecule has 0 unspecified atom stereocenters. The largest absolute Gasteiger partial charge is 0.323 e. The minimum atomic E-state index is -3.80. The summed E-state index contributed by atoms with van der Waals surface area (Å²) in [6, 6.07) is 10.1. The normalized spacial score (nSPS) is 12.7. The molecule has 8 heteroatoms. The van der Waals surface area contributed by atoms with Crippen LogP contribution in [0, 0.1) is 6.92 Å². The fourth-order valence-electron chi connectivity index (χ4n) is 1.91. The van der Waals surface area contributed by atoms with E-state index in [1.807, 2.05) is 6.92 Å². The van der Waals surface area contributed by atoms with Crippen molar-refractivity contribution >= 4 is 44.8 Å². The Kier molecular flexibility index (Phi) is 5.87. The molecule has 1 atom stereocenters. The number of carbonyl (C=O) groups excluding carboxylic acids is 1. The second kappa shape index (κ2) is 7.53. The van der Waals surface area contributed by atoms with Crippen molar-refractivity contribution < 1.29 is 13.2 Å². The van der Waals surface area contributed by atoms with E-state index in [1.165, 1.54) is 19.1 Å². The van der Waals surface area contributed by atoms with Crippen molar-refractivity contribution in [3.8, 4) is 0 Å². The van der Waals surface area contributed by atoms with Crippen LogP contribution in [-0.2, 0) is 14.8 Å². The summed E-state index contributed by atoms with van der Waals surface area (Å²) in [5, 5.41) is 3.04. The first-order valence-corrected chi connectivity index (χ1v) is 9.28. The molecule has 2 aromatic rings. The molecule has 128 valence electrons. The van der Waals surface area contributed by atoms with Crippen LogP contribution in [0.2, 0.25) is 10.0 Å². The van der Waals surface area contributed by atoms with Gasteiger partial charge in [0.25, 0.3) is 0 Å². The van der Waals surface area contributed by atoms with Crippen molar-refractivity contribution in [3.63, 3.8) is 0 Å². The summed E-state index contributed by atoms with van der Waals surface area (Å²) < 4.78 is 26.9. The predicted molar refractivity (Wildman–Crippen MR) is 96.1 cm³/mol. The van der Waals surface area contributed by atoms with Gasteiger partial charge in [-0.3, -0.25) is 4.79 Å². The van der Waals surface area contributed by atoms with E-state index in [-0.39, 0.29) is 9.92 Å². The summed E-state index contributed by atoms with van der Waals surface area (Å²) in [5.74, 6) is -0.546. The lowest BCUT2D eigenvalue weighted by atomic mass is 10.2. The third kappa shape index (κ3) is 4.48. The maximum atomic E-state index is 12.3. The Bertz CT molecular complexity index is 852. The molecule has 2 N–H and O–H groups in total. The van der Waals surface area contributed by atoms with E-state index in [4.69, 9.17) is 23.2 Å². The first kappa shape index (κ1) is 18.7. The van der Waals surface area contributed by atoms with E-state index in [9.17, 15) is 13.2 Å². The maximum absolute atomic E-state index is 12.3. The molecule has 0 fully saturated rings. The Labute approximate surface area is 151 Å². The van der Waals surface area contributed by atoms with E-state index in [0.29, 0.717) is 10.7 Å². The second-order valence-electron chi connectivity index (χ2n) is 5.25. The number of hydrogen-bond acceptors (Lipinski definition) is 3. The van der Waals surface area contributed by atoms with Crippen molar-refractivity contribution in [2.45, 2.75) is 24.8 Å². The number of nitrogens with one attached hydrogen (secondary N) is 2. The van der Waals surface area contributed by atoms with Crippen LogP contribution >= 0.6 is 23.2 Å². The zero-order valence-corrected chi connectivity index (χ0v) is 15.3. The molecule has 0 aromatic heterocycles. The average molecular weight is 387 g/mol. The van der Waals surface area contributed by atoms with Gasteiger partial charge in [0.1, 0.15) is 0 Å². The van der Waals surface area contributed by atoms with Crippen LogP contribution in [0.5, 0.6) is 0 Å². The summed E-state index contributed by atoms with van der Waals surface area (Å²) in [6.07, 6.45) is 0. The van der Waals surface area contributed by atoms with Crippen molar-refractivity contribution in [3.05, 3.63) is 58.1 Å². The number of aryl methyl sites for hydroxylation is 1. The maximum Gasteiger partial charge on any atom is 0.242 e. The molecule has 0 radical (unpaired) electrons. The van der Waals surface area contributed by atoms with Gasteiger partial charge in [0, 0.05) is 0 Å². The van der Waals surface area contributed by atoms with Gasteiger partial charge in [-0.25, -0.2) is 8.42 Å². The van der Waals surface area contributed by atoms with Gasteiger partial charge in [-0.1, -0.05) is 47.0 Å². The van der Waals surface area contributed by atoms with Crippen molar-refractivity contribution in [2.24, 2.45) is 0 Å². The van der Waals surface area contributed by atoms with Gasteiger partial charge in [-0.05, 0) is 38.1 Å². The van der Waals surface area contributed by atoms with E-state index in [0.717, 1.165) is 5.56 Å². The Hall–Kier alpha value is -1.60. The fraction of sp³-hybridized carbons (Fsp3) is 0.188. The van der Waals surface area contributed by atoms with E-state index in [2.05, 4.69) is 10.0 Å². The standard InChI is InChI=1S/C16H16Cl2N2O3S/c1-10-6-8-12(9-7-10)24(22,23)20-11(2)16(21)19-14-5-3-4-13(17)15(14)18/h3-9,11,20H,1-2H3,(H,19,21)/t11-/m1/s1. The van der Waals surface area contributed by atoms with Gasteiger partial charge in [-0.15, -0.1) is 0 Å². The molecular formula is C16H16Cl2N2O3S. The Balaban J connectivity index is 2.11. The van der Waals surface area contributed by atoms with Gasteiger partial charge in [0.2, 0.25) is 15.9 Å². The Morgan fingerprint density at radius 2 is 1.71 bits per heavy atom. The monoisotopic (exact) mass is 386 g/mol. The highest BCUT2D eigenvalue weighted by Crippen LogP contribution is 2.29. The van der Waals surface area contributed by atoms with Crippen LogP contribution in [0.15, 0.2) is 47.4 Å². The number of amides is 1. The third-order valence-corrected chi connectivity index (χ3v) is 5.64. The van der Waals surface area contributed by atoms with Crippen LogP contribution in [0.25, 0.3) is 0 Å². The third-order valence-electron chi connectivity index (χ3n) is 3.27. The molecule has 0 aliphatic heterocycles. The van der Waals surface area contributed by atoms with Crippen molar-refractivity contribution in [1.29, 1.82) is 0 Å². The van der Waals surface area contributed by atoms with Gasteiger partial charge in [0.15, 0.2) is 0 Å². The average Bonchev–Trinajstić information content (AvgIpc) is 2.51. The molecule has 0 saturated carbocycles. The molecule has 24 heavy (non-hydrogen) atoms. The summed E-state index contributed by atoms with van der Waals surface area (Å²) in [7, 11) is -3.80. The van der Waals surface area contributed by atoms with Crippen LogP contribution < -0.4 is 10.0 Å². The molecule has 0 aliphatic carbocycles. The molecule has 1 amide bonds. The highest BCUT2D eigenvalue weighted by Gasteiger charge is 2.22. The number of carbonyl (C=O) groups is 1. The summed E-state index contributed by atoms with van der Waals surface area (Å²) in [6.45, 7) is 3.30. The zero-order chi connectivity index (χ0) is 17.9. The molecule has 0 saturated heterocycles. The highest BCUT2D eigenvalue weighted by molar-refractivity contribution is 7.89. The number of hydrogen-bond donors (Lipinski definition) is 2. The zero-order valence-electron chi connectivity index (χ0n) is 13.0. The number of sulfonamides is 1. The van der Waals surface area contributed by atoms with E-state index < -0.39 is 22.0 Å². The molecular weight excluding hydrogens is 371 g/mol.